The van der Waals surface area contributed by atoms with Crippen LogP contribution in [0, 0.1) is 0 Å². The van der Waals surface area contributed by atoms with Gasteiger partial charge in [-0.15, -0.1) is 0 Å². The molecule has 19 heavy (non-hydrogen) atoms. The first kappa shape index (κ1) is 14.8. The molecule has 2 unspecified atom stereocenters. The van der Waals surface area contributed by atoms with Crippen LogP contribution in [0.2, 0.25) is 0 Å². The van der Waals surface area contributed by atoms with Gasteiger partial charge in [-0.1, -0.05) is 19.3 Å². The summed E-state index contributed by atoms with van der Waals surface area (Å²) in [5.74, 6) is 0.309. The molecule has 110 valence electrons. The molecule has 0 aromatic heterocycles. The van der Waals surface area contributed by atoms with E-state index in [1.165, 1.54) is 32.1 Å². The van der Waals surface area contributed by atoms with Gasteiger partial charge in [0.2, 0.25) is 5.91 Å². The van der Waals surface area contributed by atoms with Crippen LogP contribution < -0.4 is 0 Å². The van der Waals surface area contributed by atoms with Crippen LogP contribution in [0.4, 0.5) is 0 Å². The maximum absolute atomic E-state index is 12.4. The number of carbonyl (C=O) groups excluding carboxylic acids is 1. The molecule has 2 rings (SSSR count). The van der Waals surface area contributed by atoms with Gasteiger partial charge in [0.1, 0.15) is 0 Å². The van der Waals surface area contributed by atoms with E-state index in [9.17, 15) is 4.79 Å². The minimum atomic E-state index is 0.240. The molecule has 1 amide bonds. The zero-order valence-corrected chi connectivity index (χ0v) is 12.4. The minimum Gasteiger partial charge on any atom is -0.373 e. The van der Waals surface area contributed by atoms with Gasteiger partial charge < -0.3 is 9.64 Å². The molecule has 0 aromatic carbocycles. The second-order valence-electron chi connectivity index (χ2n) is 6.10. The van der Waals surface area contributed by atoms with Crippen LogP contribution in [0.3, 0.4) is 0 Å². The zero-order chi connectivity index (χ0) is 13.7. The third-order valence-electron chi connectivity index (χ3n) is 4.06. The van der Waals surface area contributed by atoms with Crippen LogP contribution >= 0.6 is 0 Å². The molecule has 0 bridgehead atoms. The molecule has 2 aliphatic heterocycles. The highest BCUT2D eigenvalue weighted by Crippen LogP contribution is 2.13. The fourth-order valence-corrected chi connectivity index (χ4v) is 3.20. The fraction of sp³-hybridized carbons (Fsp3) is 0.933. The SMILES string of the molecule is CC1CN(CC(=O)N2CCCCCCC2)CC(C)O1. The van der Waals surface area contributed by atoms with Crippen molar-refractivity contribution >= 4 is 5.91 Å². The zero-order valence-electron chi connectivity index (χ0n) is 12.4. The van der Waals surface area contributed by atoms with E-state index < -0.39 is 0 Å². The van der Waals surface area contributed by atoms with Crippen LogP contribution in [-0.2, 0) is 9.53 Å². The Morgan fingerprint density at radius 3 is 2.11 bits per heavy atom. The van der Waals surface area contributed by atoms with Crippen molar-refractivity contribution in [2.24, 2.45) is 0 Å². The van der Waals surface area contributed by atoms with Crippen molar-refractivity contribution < 1.29 is 9.53 Å². The Kier molecular flexibility index (Phi) is 5.64. The molecule has 2 aliphatic rings. The lowest BCUT2D eigenvalue weighted by Crippen LogP contribution is -2.50. The topological polar surface area (TPSA) is 32.8 Å². The van der Waals surface area contributed by atoms with Crippen molar-refractivity contribution in [3.63, 3.8) is 0 Å². The average molecular weight is 268 g/mol. The quantitative estimate of drug-likeness (QED) is 0.766. The summed E-state index contributed by atoms with van der Waals surface area (Å²) in [5, 5.41) is 0. The molecule has 2 fully saturated rings. The molecule has 0 saturated carbocycles. The van der Waals surface area contributed by atoms with Crippen LogP contribution in [0.25, 0.3) is 0 Å². The van der Waals surface area contributed by atoms with Gasteiger partial charge in [-0.25, -0.2) is 0 Å². The molecule has 4 heteroatoms. The maximum atomic E-state index is 12.4. The number of hydrogen-bond donors (Lipinski definition) is 0. The van der Waals surface area contributed by atoms with E-state index in [-0.39, 0.29) is 12.2 Å². The predicted molar refractivity (Wildman–Crippen MR) is 76.1 cm³/mol. The summed E-state index contributed by atoms with van der Waals surface area (Å²) in [5.41, 5.74) is 0. The second kappa shape index (κ2) is 7.25. The summed E-state index contributed by atoms with van der Waals surface area (Å²) in [4.78, 5) is 16.7. The van der Waals surface area contributed by atoms with E-state index in [1.54, 1.807) is 0 Å². The number of morpholine rings is 1. The van der Waals surface area contributed by atoms with Gasteiger partial charge >= 0.3 is 0 Å². The minimum absolute atomic E-state index is 0.240. The number of likely N-dealkylation sites (tertiary alicyclic amines) is 1. The standard InChI is InChI=1S/C15H28N2O2/c1-13-10-16(11-14(2)19-13)12-15(18)17-8-6-4-3-5-7-9-17/h13-14H,3-12H2,1-2H3. The number of ether oxygens (including phenoxy) is 1. The van der Waals surface area contributed by atoms with E-state index >= 15 is 0 Å². The number of amides is 1. The van der Waals surface area contributed by atoms with Crippen molar-refractivity contribution in [3.05, 3.63) is 0 Å². The first-order valence-corrected chi connectivity index (χ1v) is 7.81. The van der Waals surface area contributed by atoms with Crippen LogP contribution in [0.5, 0.6) is 0 Å². The van der Waals surface area contributed by atoms with Gasteiger partial charge in [0.25, 0.3) is 0 Å². The van der Waals surface area contributed by atoms with E-state index in [0.717, 1.165) is 26.2 Å². The molecule has 2 saturated heterocycles. The monoisotopic (exact) mass is 268 g/mol. The van der Waals surface area contributed by atoms with E-state index in [2.05, 4.69) is 23.6 Å². The Morgan fingerprint density at radius 1 is 1.00 bits per heavy atom. The van der Waals surface area contributed by atoms with Gasteiger partial charge in [0.15, 0.2) is 0 Å². The summed E-state index contributed by atoms with van der Waals surface area (Å²) in [6.07, 6.45) is 6.70. The normalized spacial score (nSPS) is 30.7. The van der Waals surface area contributed by atoms with Crippen LogP contribution in [0.1, 0.15) is 46.0 Å². The highest BCUT2D eigenvalue weighted by Gasteiger charge is 2.25. The lowest BCUT2D eigenvalue weighted by Gasteiger charge is -2.36. The Balaban J connectivity index is 1.81. The van der Waals surface area contributed by atoms with Crippen LogP contribution in [-0.4, -0.2) is 60.6 Å². The average Bonchev–Trinajstić information content (AvgIpc) is 2.26. The van der Waals surface area contributed by atoms with Crippen LogP contribution in [0.15, 0.2) is 0 Å². The Labute approximate surface area is 117 Å². The van der Waals surface area contributed by atoms with Crippen molar-refractivity contribution in [1.29, 1.82) is 0 Å². The third kappa shape index (κ3) is 4.77. The molecule has 2 atom stereocenters. The highest BCUT2D eigenvalue weighted by molar-refractivity contribution is 5.78. The van der Waals surface area contributed by atoms with Crippen molar-refractivity contribution in [1.82, 2.24) is 9.80 Å². The fourth-order valence-electron chi connectivity index (χ4n) is 3.20. The van der Waals surface area contributed by atoms with E-state index in [1.807, 2.05) is 0 Å². The first-order chi connectivity index (χ1) is 9.15. The smallest absolute Gasteiger partial charge is 0.236 e. The number of nitrogens with zero attached hydrogens (tertiary/aromatic N) is 2. The Bertz CT molecular complexity index is 278. The van der Waals surface area contributed by atoms with E-state index in [4.69, 9.17) is 4.74 Å². The lowest BCUT2D eigenvalue weighted by molar-refractivity contribution is -0.136. The largest absolute Gasteiger partial charge is 0.373 e. The van der Waals surface area contributed by atoms with Crippen molar-refractivity contribution in [2.45, 2.75) is 58.2 Å². The molecule has 0 spiro atoms. The van der Waals surface area contributed by atoms with Crippen molar-refractivity contribution in [2.75, 3.05) is 32.7 Å². The highest BCUT2D eigenvalue weighted by atomic mass is 16.5. The number of hydrogen-bond acceptors (Lipinski definition) is 3. The van der Waals surface area contributed by atoms with Crippen molar-refractivity contribution in [3.8, 4) is 0 Å². The summed E-state index contributed by atoms with van der Waals surface area (Å²) in [6, 6.07) is 0. The van der Waals surface area contributed by atoms with E-state index in [0.29, 0.717) is 12.5 Å². The summed E-state index contributed by atoms with van der Waals surface area (Å²) in [6.45, 7) is 8.40. The molecule has 4 nitrogen and oxygen atoms in total. The second-order valence-corrected chi connectivity index (χ2v) is 6.10. The number of rotatable bonds is 2. The Hall–Kier alpha value is -0.610. The molecule has 0 N–H and O–H groups in total. The van der Waals surface area contributed by atoms with Gasteiger partial charge in [-0.2, -0.15) is 0 Å². The van der Waals surface area contributed by atoms with Gasteiger partial charge in [-0.3, -0.25) is 9.69 Å². The Morgan fingerprint density at radius 2 is 1.53 bits per heavy atom. The molecule has 0 radical (unpaired) electrons. The summed E-state index contributed by atoms with van der Waals surface area (Å²) >= 11 is 0. The molecular formula is C15H28N2O2. The summed E-state index contributed by atoms with van der Waals surface area (Å²) < 4.78 is 5.71. The molecule has 2 heterocycles. The molecule has 0 aliphatic carbocycles. The third-order valence-corrected chi connectivity index (χ3v) is 4.06. The summed E-state index contributed by atoms with van der Waals surface area (Å²) in [7, 11) is 0. The predicted octanol–water partition coefficient (Wildman–Crippen LogP) is 1.89. The first-order valence-electron chi connectivity index (χ1n) is 7.81. The molecule has 0 aromatic rings. The maximum Gasteiger partial charge on any atom is 0.236 e. The van der Waals surface area contributed by atoms with Gasteiger partial charge in [0.05, 0.1) is 18.8 Å². The molecular weight excluding hydrogens is 240 g/mol. The van der Waals surface area contributed by atoms with Gasteiger partial charge in [0, 0.05) is 26.2 Å². The van der Waals surface area contributed by atoms with Gasteiger partial charge in [-0.05, 0) is 26.7 Å². The lowest BCUT2D eigenvalue weighted by atomic mass is 10.1. The number of carbonyl (C=O) groups is 1.